The summed E-state index contributed by atoms with van der Waals surface area (Å²) in [4.78, 5) is 14.2. The second-order valence-corrected chi connectivity index (χ2v) is 5.53. The van der Waals surface area contributed by atoms with Gasteiger partial charge in [-0.1, -0.05) is 12.8 Å². The summed E-state index contributed by atoms with van der Waals surface area (Å²) in [5.74, 6) is 0.457. The summed E-state index contributed by atoms with van der Waals surface area (Å²) in [5.41, 5.74) is 7.97. The van der Waals surface area contributed by atoms with Crippen LogP contribution in [0.4, 0.5) is 5.69 Å². The first-order valence-electron chi connectivity index (χ1n) is 6.79. The monoisotopic (exact) mass is 248 g/mol. The molecule has 1 aromatic rings. The summed E-state index contributed by atoms with van der Waals surface area (Å²) >= 11 is 0. The topological polar surface area (TPSA) is 75.0 Å². The summed E-state index contributed by atoms with van der Waals surface area (Å²) in [5, 5.41) is 7.07. The fourth-order valence-corrected chi connectivity index (χ4v) is 2.83. The van der Waals surface area contributed by atoms with Gasteiger partial charge in [-0.3, -0.25) is 9.89 Å². The molecule has 1 heterocycles. The highest BCUT2D eigenvalue weighted by Crippen LogP contribution is 2.42. The van der Waals surface area contributed by atoms with Gasteiger partial charge in [0, 0.05) is 19.0 Å². The van der Waals surface area contributed by atoms with E-state index in [1.54, 1.807) is 0 Å². The minimum absolute atomic E-state index is 0.0393. The molecule has 0 bridgehead atoms. The average Bonchev–Trinajstić information content (AvgIpc) is 2.92. The number of nitrogens with one attached hydrogen (secondary N) is 1. The largest absolute Gasteiger partial charge is 0.395 e. The molecular formula is C13H20N4O. The van der Waals surface area contributed by atoms with Gasteiger partial charge in [-0.25, -0.2) is 0 Å². The van der Waals surface area contributed by atoms with Crippen LogP contribution in [0, 0.1) is 0 Å². The van der Waals surface area contributed by atoms with Crippen LogP contribution in [0.2, 0.25) is 0 Å². The number of nitrogens with zero attached hydrogens (tertiary/aromatic N) is 2. The van der Waals surface area contributed by atoms with Crippen LogP contribution in [0.3, 0.4) is 0 Å². The van der Waals surface area contributed by atoms with E-state index in [1.165, 1.54) is 12.8 Å². The Morgan fingerprint density at radius 2 is 2.00 bits per heavy atom. The first-order valence-corrected chi connectivity index (χ1v) is 6.79. The van der Waals surface area contributed by atoms with Crippen LogP contribution in [0.5, 0.6) is 0 Å². The highest BCUT2D eigenvalue weighted by molar-refractivity contribution is 5.97. The molecule has 3 N–H and O–H groups in total. The molecule has 0 spiro atoms. The fraction of sp³-hybridized carbons (Fsp3) is 0.692. The van der Waals surface area contributed by atoms with Crippen molar-refractivity contribution in [2.24, 2.45) is 0 Å². The lowest BCUT2D eigenvalue weighted by Crippen LogP contribution is -2.35. The van der Waals surface area contributed by atoms with E-state index in [0.717, 1.165) is 31.4 Å². The first kappa shape index (κ1) is 11.6. The molecule has 1 aromatic heterocycles. The number of amides is 1. The number of nitrogen functional groups attached to an aromatic ring is 1. The molecule has 0 radical (unpaired) electrons. The molecule has 18 heavy (non-hydrogen) atoms. The number of nitrogens with two attached hydrogens (primary N) is 1. The van der Waals surface area contributed by atoms with Crippen LogP contribution in [0.15, 0.2) is 0 Å². The van der Waals surface area contributed by atoms with E-state index in [4.69, 9.17) is 5.73 Å². The van der Waals surface area contributed by atoms with Gasteiger partial charge in [0.1, 0.15) is 0 Å². The van der Waals surface area contributed by atoms with Crippen LogP contribution in [0.25, 0.3) is 0 Å². The second kappa shape index (κ2) is 4.30. The normalized spacial score (nSPS) is 20.3. The number of anilines is 1. The Bertz CT molecular complexity index is 458. The van der Waals surface area contributed by atoms with E-state index in [-0.39, 0.29) is 5.91 Å². The molecule has 0 aliphatic heterocycles. The highest BCUT2D eigenvalue weighted by Gasteiger charge is 2.32. The SMILES string of the molecule is CN(C(=O)c1n[nH]c(C2CC2)c1N)C1CCCC1. The molecular weight excluding hydrogens is 228 g/mol. The van der Waals surface area contributed by atoms with Gasteiger partial charge in [0.25, 0.3) is 5.91 Å². The molecule has 2 saturated carbocycles. The van der Waals surface area contributed by atoms with Crippen LogP contribution >= 0.6 is 0 Å². The van der Waals surface area contributed by atoms with E-state index in [0.29, 0.717) is 23.3 Å². The maximum absolute atomic E-state index is 12.4. The molecule has 3 rings (SSSR count). The summed E-state index contributed by atoms with van der Waals surface area (Å²) in [6, 6.07) is 0.359. The number of hydrogen-bond acceptors (Lipinski definition) is 3. The predicted octanol–water partition coefficient (Wildman–Crippen LogP) is 1.88. The predicted molar refractivity (Wildman–Crippen MR) is 69.3 cm³/mol. The molecule has 5 nitrogen and oxygen atoms in total. The molecule has 2 aliphatic rings. The van der Waals surface area contributed by atoms with Crippen molar-refractivity contribution in [1.29, 1.82) is 0 Å². The Labute approximate surface area is 107 Å². The molecule has 98 valence electrons. The van der Waals surface area contributed by atoms with Crippen molar-refractivity contribution in [3.05, 3.63) is 11.4 Å². The zero-order valence-corrected chi connectivity index (χ0v) is 10.8. The fourth-order valence-electron chi connectivity index (χ4n) is 2.83. The molecule has 0 unspecified atom stereocenters. The third-order valence-corrected chi connectivity index (χ3v) is 4.21. The highest BCUT2D eigenvalue weighted by atomic mass is 16.2. The number of carbonyl (C=O) groups excluding carboxylic acids is 1. The number of H-pyrrole nitrogens is 1. The van der Waals surface area contributed by atoms with Gasteiger partial charge in [0.2, 0.25) is 0 Å². The van der Waals surface area contributed by atoms with E-state index >= 15 is 0 Å². The van der Waals surface area contributed by atoms with Crippen molar-refractivity contribution in [2.45, 2.75) is 50.5 Å². The lowest BCUT2D eigenvalue weighted by molar-refractivity contribution is 0.0730. The summed E-state index contributed by atoms with van der Waals surface area (Å²) in [6.45, 7) is 0. The zero-order valence-electron chi connectivity index (χ0n) is 10.8. The van der Waals surface area contributed by atoms with Gasteiger partial charge in [-0.2, -0.15) is 5.10 Å². The van der Waals surface area contributed by atoms with Gasteiger partial charge in [0.15, 0.2) is 5.69 Å². The lowest BCUT2D eigenvalue weighted by atomic mass is 10.2. The number of rotatable bonds is 3. The van der Waals surface area contributed by atoms with Crippen molar-refractivity contribution < 1.29 is 4.79 Å². The zero-order chi connectivity index (χ0) is 12.7. The molecule has 2 aliphatic carbocycles. The summed E-state index contributed by atoms with van der Waals surface area (Å²) in [6.07, 6.45) is 6.93. The Morgan fingerprint density at radius 1 is 1.33 bits per heavy atom. The van der Waals surface area contributed by atoms with Crippen LogP contribution < -0.4 is 5.73 Å². The third kappa shape index (κ3) is 1.87. The van der Waals surface area contributed by atoms with Crippen LogP contribution in [0.1, 0.15) is 60.6 Å². The number of hydrogen-bond donors (Lipinski definition) is 2. The van der Waals surface area contributed by atoms with Crippen LogP contribution in [-0.2, 0) is 0 Å². The van der Waals surface area contributed by atoms with E-state index < -0.39 is 0 Å². The van der Waals surface area contributed by atoms with Gasteiger partial charge < -0.3 is 10.6 Å². The number of carbonyl (C=O) groups is 1. The smallest absolute Gasteiger partial charge is 0.276 e. The average molecular weight is 248 g/mol. The Hall–Kier alpha value is -1.52. The van der Waals surface area contributed by atoms with Gasteiger partial charge in [-0.05, 0) is 25.7 Å². The minimum atomic E-state index is -0.0393. The summed E-state index contributed by atoms with van der Waals surface area (Å²) in [7, 11) is 1.86. The quantitative estimate of drug-likeness (QED) is 0.857. The van der Waals surface area contributed by atoms with Gasteiger partial charge >= 0.3 is 0 Å². The minimum Gasteiger partial charge on any atom is -0.395 e. The van der Waals surface area contributed by atoms with Gasteiger partial charge in [0.05, 0.1) is 11.4 Å². The Kier molecular flexibility index (Phi) is 2.76. The molecule has 0 saturated heterocycles. The lowest BCUT2D eigenvalue weighted by Gasteiger charge is -2.23. The molecule has 0 aromatic carbocycles. The van der Waals surface area contributed by atoms with Crippen molar-refractivity contribution in [2.75, 3.05) is 12.8 Å². The number of aromatic nitrogens is 2. The number of aromatic amines is 1. The van der Waals surface area contributed by atoms with Crippen molar-refractivity contribution >= 4 is 11.6 Å². The van der Waals surface area contributed by atoms with Crippen LogP contribution in [-0.4, -0.2) is 34.1 Å². The Morgan fingerprint density at radius 3 is 2.61 bits per heavy atom. The van der Waals surface area contributed by atoms with Crippen molar-refractivity contribution in [1.82, 2.24) is 15.1 Å². The second-order valence-electron chi connectivity index (χ2n) is 5.53. The maximum atomic E-state index is 12.4. The first-order chi connectivity index (χ1) is 8.68. The maximum Gasteiger partial charge on any atom is 0.276 e. The van der Waals surface area contributed by atoms with E-state index in [9.17, 15) is 4.79 Å². The van der Waals surface area contributed by atoms with Crippen molar-refractivity contribution in [3.8, 4) is 0 Å². The van der Waals surface area contributed by atoms with E-state index in [1.807, 2.05) is 11.9 Å². The van der Waals surface area contributed by atoms with Gasteiger partial charge in [-0.15, -0.1) is 0 Å². The third-order valence-electron chi connectivity index (χ3n) is 4.21. The summed E-state index contributed by atoms with van der Waals surface area (Å²) < 4.78 is 0. The van der Waals surface area contributed by atoms with Crippen molar-refractivity contribution in [3.63, 3.8) is 0 Å². The molecule has 1 amide bonds. The molecule has 2 fully saturated rings. The Balaban J connectivity index is 1.78. The molecule has 5 heteroatoms. The van der Waals surface area contributed by atoms with E-state index in [2.05, 4.69) is 10.2 Å². The standard InChI is InChI=1S/C13H20N4O/c1-17(9-4-2-3-5-9)13(18)12-10(14)11(15-16-12)8-6-7-8/h8-9H,2-7,14H2,1H3,(H,15,16). The molecule has 0 atom stereocenters.